The minimum Gasteiger partial charge on any atom is -0.337 e. The van der Waals surface area contributed by atoms with Crippen LogP contribution in [0.4, 0.5) is 0 Å². The predicted octanol–water partition coefficient (Wildman–Crippen LogP) is 3.60. The minimum atomic E-state index is -0.00570. The Morgan fingerprint density at radius 1 is 1.32 bits per heavy atom. The predicted molar refractivity (Wildman–Crippen MR) is 85.1 cm³/mol. The summed E-state index contributed by atoms with van der Waals surface area (Å²) in [5, 5.41) is 0.965. The molecule has 0 unspecified atom stereocenters. The van der Waals surface area contributed by atoms with Crippen LogP contribution in [0.15, 0.2) is 6.07 Å². The van der Waals surface area contributed by atoms with Gasteiger partial charge in [-0.25, -0.2) is 0 Å². The van der Waals surface area contributed by atoms with Gasteiger partial charge in [0.15, 0.2) is 0 Å². The summed E-state index contributed by atoms with van der Waals surface area (Å²) in [6.45, 7) is 4.49. The molecule has 0 N–H and O–H groups in total. The third-order valence-electron chi connectivity index (χ3n) is 3.16. The van der Waals surface area contributed by atoms with Crippen LogP contribution in [0.3, 0.4) is 0 Å². The molecule has 2 rings (SSSR count). The van der Waals surface area contributed by atoms with E-state index in [1.54, 1.807) is 6.07 Å². The van der Waals surface area contributed by atoms with Gasteiger partial charge >= 0.3 is 0 Å². The van der Waals surface area contributed by atoms with Crippen molar-refractivity contribution in [2.75, 3.05) is 38.1 Å². The van der Waals surface area contributed by atoms with Gasteiger partial charge in [0.1, 0.15) is 4.34 Å². The van der Waals surface area contributed by atoms with Gasteiger partial charge in [-0.3, -0.25) is 4.79 Å². The molecule has 3 nitrogen and oxygen atoms in total. The molecule has 1 aliphatic heterocycles. The standard InChI is InChI=1S/C12H15BrCl2N2OS/c13-2-5-16-3-1-4-17(7-6-16)12(18)9-8-10(14)19-11(9)15/h8H,1-7H2. The molecule has 0 aromatic carbocycles. The highest BCUT2D eigenvalue weighted by atomic mass is 79.9. The molecule has 1 fully saturated rings. The van der Waals surface area contributed by atoms with Gasteiger partial charge in [-0.15, -0.1) is 11.3 Å². The van der Waals surface area contributed by atoms with E-state index in [1.807, 2.05) is 4.90 Å². The van der Waals surface area contributed by atoms with E-state index < -0.39 is 0 Å². The van der Waals surface area contributed by atoms with E-state index in [0.29, 0.717) is 14.2 Å². The summed E-state index contributed by atoms with van der Waals surface area (Å²) in [4.78, 5) is 16.7. The quantitative estimate of drug-likeness (QED) is 0.742. The first-order valence-corrected chi connectivity index (χ1v) is 8.83. The van der Waals surface area contributed by atoms with Crippen LogP contribution in [0.25, 0.3) is 0 Å². The summed E-state index contributed by atoms with van der Waals surface area (Å²) < 4.78 is 1.04. The lowest BCUT2D eigenvalue weighted by Crippen LogP contribution is -2.35. The Kier molecular flexibility index (Phi) is 5.96. The fourth-order valence-corrected chi connectivity index (χ4v) is 4.12. The normalized spacial score (nSPS) is 17.5. The van der Waals surface area contributed by atoms with Crippen molar-refractivity contribution in [2.45, 2.75) is 6.42 Å². The van der Waals surface area contributed by atoms with E-state index in [9.17, 15) is 4.79 Å². The lowest BCUT2D eigenvalue weighted by molar-refractivity contribution is 0.0762. The summed E-state index contributed by atoms with van der Waals surface area (Å²) in [6.07, 6.45) is 0.994. The Morgan fingerprint density at radius 2 is 2.11 bits per heavy atom. The monoisotopic (exact) mass is 384 g/mol. The summed E-state index contributed by atoms with van der Waals surface area (Å²) in [5.74, 6) is -0.00570. The number of rotatable bonds is 3. The fourth-order valence-electron chi connectivity index (χ4n) is 2.17. The number of amides is 1. The van der Waals surface area contributed by atoms with Crippen molar-refractivity contribution in [3.05, 3.63) is 20.3 Å². The maximum atomic E-state index is 12.4. The molecular weight excluding hydrogens is 371 g/mol. The molecule has 0 aliphatic carbocycles. The van der Waals surface area contributed by atoms with Gasteiger partial charge in [0, 0.05) is 31.5 Å². The number of alkyl halides is 1. The second-order valence-electron chi connectivity index (χ2n) is 4.41. The zero-order chi connectivity index (χ0) is 13.8. The minimum absolute atomic E-state index is 0.00570. The molecule has 1 aliphatic rings. The topological polar surface area (TPSA) is 23.6 Å². The Balaban J connectivity index is 2.02. The molecule has 19 heavy (non-hydrogen) atoms. The lowest BCUT2D eigenvalue weighted by Gasteiger charge is -2.21. The third-order valence-corrected chi connectivity index (χ3v) is 5.01. The maximum Gasteiger partial charge on any atom is 0.256 e. The number of nitrogens with zero attached hydrogens (tertiary/aromatic N) is 2. The zero-order valence-corrected chi connectivity index (χ0v) is 14.3. The van der Waals surface area contributed by atoms with Gasteiger partial charge in [0.25, 0.3) is 5.91 Å². The van der Waals surface area contributed by atoms with Crippen molar-refractivity contribution >= 4 is 56.4 Å². The second kappa shape index (κ2) is 7.27. The van der Waals surface area contributed by atoms with Crippen LogP contribution < -0.4 is 0 Å². The Bertz CT molecular complexity index is 455. The molecule has 1 aromatic rings. The van der Waals surface area contributed by atoms with Crippen LogP contribution in [0.1, 0.15) is 16.8 Å². The van der Waals surface area contributed by atoms with Crippen molar-refractivity contribution in [1.29, 1.82) is 0 Å². The van der Waals surface area contributed by atoms with Gasteiger partial charge in [0.2, 0.25) is 0 Å². The number of halogens is 3. The molecule has 1 saturated heterocycles. The van der Waals surface area contributed by atoms with Gasteiger partial charge in [-0.2, -0.15) is 0 Å². The molecule has 0 bridgehead atoms. The van der Waals surface area contributed by atoms with E-state index in [0.717, 1.165) is 44.5 Å². The maximum absolute atomic E-state index is 12.4. The average molecular weight is 386 g/mol. The molecule has 0 atom stereocenters. The number of hydrogen-bond donors (Lipinski definition) is 0. The number of hydrogen-bond acceptors (Lipinski definition) is 3. The Morgan fingerprint density at radius 3 is 2.74 bits per heavy atom. The van der Waals surface area contributed by atoms with E-state index in [-0.39, 0.29) is 5.91 Å². The smallest absolute Gasteiger partial charge is 0.256 e. The van der Waals surface area contributed by atoms with Crippen LogP contribution >= 0.6 is 50.5 Å². The molecule has 0 saturated carbocycles. The largest absolute Gasteiger partial charge is 0.337 e. The zero-order valence-electron chi connectivity index (χ0n) is 10.4. The van der Waals surface area contributed by atoms with Crippen LogP contribution in [0, 0.1) is 0 Å². The highest BCUT2D eigenvalue weighted by molar-refractivity contribution is 9.09. The molecule has 0 radical (unpaired) electrons. The number of carbonyl (C=O) groups is 1. The van der Waals surface area contributed by atoms with Crippen molar-refractivity contribution in [2.24, 2.45) is 0 Å². The molecule has 7 heteroatoms. The van der Waals surface area contributed by atoms with Crippen LogP contribution in [-0.2, 0) is 0 Å². The van der Waals surface area contributed by atoms with Gasteiger partial charge in [-0.05, 0) is 19.0 Å². The van der Waals surface area contributed by atoms with Crippen molar-refractivity contribution < 1.29 is 4.79 Å². The molecule has 2 heterocycles. The molecule has 0 spiro atoms. The number of carbonyl (C=O) groups excluding carboxylic acids is 1. The molecule has 1 amide bonds. The van der Waals surface area contributed by atoms with Gasteiger partial charge < -0.3 is 9.80 Å². The van der Waals surface area contributed by atoms with E-state index in [2.05, 4.69) is 20.8 Å². The van der Waals surface area contributed by atoms with Crippen LogP contribution in [-0.4, -0.2) is 53.8 Å². The second-order valence-corrected chi connectivity index (χ2v) is 7.49. The lowest BCUT2D eigenvalue weighted by atomic mass is 10.3. The SMILES string of the molecule is O=C(c1cc(Cl)sc1Cl)N1CCCN(CCBr)CC1. The third kappa shape index (κ3) is 4.08. The van der Waals surface area contributed by atoms with Crippen LogP contribution in [0.5, 0.6) is 0 Å². The van der Waals surface area contributed by atoms with Crippen molar-refractivity contribution in [3.8, 4) is 0 Å². The summed E-state index contributed by atoms with van der Waals surface area (Å²) in [5.41, 5.74) is 0.533. The molecule has 106 valence electrons. The Labute approximate surface area is 135 Å². The summed E-state index contributed by atoms with van der Waals surface area (Å²) >= 11 is 16.6. The fraction of sp³-hybridized carbons (Fsp3) is 0.583. The molecule has 1 aromatic heterocycles. The first kappa shape index (κ1) is 15.6. The highest BCUT2D eigenvalue weighted by Gasteiger charge is 2.23. The average Bonchev–Trinajstić information content (AvgIpc) is 2.59. The summed E-state index contributed by atoms with van der Waals surface area (Å²) in [6, 6.07) is 1.66. The van der Waals surface area contributed by atoms with Crippen LogP contribution in [0.2, 0.25) is 8.67 Å². The van der Waals surface area contributed by atoms with Crippen molar-refractivity contribution in [3.63, 3.8) is 0 Å². The first-order chi connectivity index (χ1) is 9.11. The summed E-state index contributed by atoms with van der Waals surface area (Å²) in [7, 11) is 0. The van der Waals surface area contributed by atoms with Gasteiger partial charge in [0.05, 0.1) is 9.90 Å². The molecular formula is C12H15BrCl2N2OS. The van der Waals surface area contributed by atoms with Gasteiger partial charge in [-0.1, -0.05) is 39.1 Å². The van der Waals surface area contributed by atoms with E-state index >= 15 is 0 Å². The van der Waals surface area contributed by atoms with E-state index in [1.165, 1.54) is 11.3 Å². The van der Waals surface area contributed by atoms with Crippen molar-refractivity contribution in [1.82, 2.24) is 9.80 Å². The Hall–Kier alpha value is 0.190. The van der Waals surface area contributed by atoms with E-state index in [4.69, 9.17) is 23.2 Å². The highest BCUT2D eigenvalue weighted by Crippen LogP contribution is 2.32. The first-order valence-electron chi connectivity index (χ1n) is 6.14. The number of thiophene rings is 1.